The molecule has 1 aliphatic rings. The van der Waals surface area contributed by atoms with Crippen molar-refractivity contribution in [3.63, 3.8) is 0 Å². The summed E-state index contributed by atoms with van der Waals surface area (Å²) in [6.45, 7) is 4.52. The van der Waals surface area contributed by atoms with Crippen molar-refractivity contribution in [2.45, 2.75) is 45.9 Å². The van der Waals surface area contributed by atoms with E-state index in [9.17, 15) is 19.2 Å². The zero-order valence-electron chi connectivity index (χ0n) is 24.4. The average Bonchev–Trinajstić information content (AvgIpc) is 3.57. The molecular weight excluding hydrogens is 560 g/mol. The molecule has 2 heterocycles. The molecule has 0 amide bonds. The van der Waals surface area contributed by atoms with Gasteiger partial charge < -0.3 is 4.74 Å². The Morgan fingerprint density at radius 1 is 0.886 bits per heavy atom. The number of aromatic nitrogens is 6. The molecule has 0 aliphatic heterocycles. The number of Topliss-reactive ketones (excluding diaryl/α,β-unsaturated/α-hetero) is 2. The van der Waals surface area contributed by atoms with Crippen molar-refractivity contribution < 1.29 is 14.3 Å². The smallest absolute Gasteiger partial charge is 0.352 e. The molecule has 0 spiro atoms. The van der Waals surface area contributed by atoms with Gasteiger partial charge in [-0.05, 0) is 40.8 Å². The van der Waals surface area contributed by atoms with Gasteiger partial charge in [0.25, 0.3) is 0 Å². The molecule has 2 aromatic heterocycles. The molecule has 11 nitrogen and oxygen atoms in total. The molecule has 44 heavy (non-hydrogen) atoms. The Kier molecular flexibility index (Phi) is 7.69. The van der Waals surface area contributed by atoms with Crippen LogP contribution in [0.5, 0.6) is 5.75 Å². The number of hydrogen-bond acceptors (Lipinski definition) is 7. The van der Waals surface area contributed by atoms with Crippen molar-refractivity contribution in [2.24, 2.45) is 11.3 Å². The maximum atomic E-state index is 13.7. The molecule has 1 atom stereocenters. The average molecular weight is 593 g/mol. The van der Waals surface area contributed by atoms with Gasteiger partial charge in [-0.15, -0.1) is 5.10 Å². The predicted octanol–water partition coefficient (Wildman–Crippen LogP) is 3.71. The molecule has 0 saturated heterocycles. The topological polar surface area (TPSA) is 134 Å². The number of nitrogens with zero attached hydrogens (tertiary/aromatic N) is 5. The Morgan fingerprint density at radius 2 is 1.52 bits per heavy atom. The number of carbonyl (C=O) groups excluding carboxylic acids is 2. The summed E-state index contributed by atoms with van der Waals surface area (Å²) in [7, 11) is 0. The summed E-state index contributed by atoms with van der Waals surface area (Å²) in [5.41, 5.74) is 0.829. The van der Waals surface area contributed by atoms with Crippen molar-refractivity contribution in [1.82, 2.24) is 29.3 Å². The fourth-order valence-corrected chi connectivity index (χ4v) is 5.81. The van der Waals surface area contributed by atoms with Crippen LogP contribution in [-0.4, -0.2) is 40.9 Å². The molecular formula is C33H32N6O5. The number of benzene rings is 3. The first-order chi connectivity index (χ1) is 21.2. The second-order valence-corrected chi connectivity index (χ2v) is 11.9. The Morgan fingerprint density at radius 3 is 2.18 bits per heavy atom. The van der Waals surface area contributed by atoms with Crippen LogP contribution < -0.4 is 16.1 Å². The standard InChI is InChI=1S/C33H32N6O5/c1-33(2)17-27(40)29(28(41)18-33)30(39-32(43)38(31(42)35-39)25-11-7-4-8-12-25)23-13-15-26(16-14-23)44-21-24-20-37(36-34-24)19-22-9-5-3-6-10-22/h3-16,20,29-30H,17-19,21H2,1-2H3,(H,35,42). The van der Waals surface area contributed by atoms with Crippen LogP contribution in [0.1, 0.15) is 49.6 Å². The van der Waals surface area contributed by atoms with Gasteiger partial charge >= 0.3 is 11.4 Å². The van der Waals surface area contributed by atoms with E-state index < -0.39 is 28.8 Å². The lowest BCUT2D eigenvalue weighted by molar-refractivity contribution is -0.141. The second kappa shape index (κ2) is 11.8. The minimum Gasteiger partial charge on any atom is -0.487 e. The lowest BCUT2D eigenvalue weighted by Gasteiger charge is -2.35. The fraction of sp³-hybridized carbons (Fsp3) is 0.273. The number of H-pyrrole nitrogens is 1. The van der Waals surface area contributed by atoms with Crippen molar-refractivity contribution in [1.29, 1.82) is 0 Å². The van der Waals surface area contributed by atoms with Gasteiger partial charge in [0.15, 0.2) is 0 Å². The van der Waals surface area contributed by atoms with Gasteiger partial charge in [-0.3, -0.25) is 9.59 Å². The van der Waals surface area contributed by atoms with E-state index in [2.05, 4.69) is 15.4 Å². The van der Waals surface area contributed by atoms with Gasteiger partial charge in [0.2, 0.25) is 0 Å². The summed E-state index contributed by atoms with van der Waals surface area (Å²) in [6, 6.07) is 24.2. The summed E-state index contributed by atoms with van der Waals surface area (Å²) in [4.78, 5) is 53.6. The summed E-state index contributed by atoms with van der Waals surface area (Å²) >= 11 is 0. The highest BCUT2D eigenvalue weighted by molar-refractivity contribution is 6.06. The molecule has 224 valence electrons. The number of ketones is 2. The van der Waals surface area contributed by atoms with E-state index in [-0.39, 0.29) is 31.0 Å². The fourth-order valence-electron chi connectivity index (χ4n) is 5.81. The molecule has 1 N–H and O–H groups in total. The van der Waals surface area contributed by atoms with E-state index in [1.807, 2.05) is 50.4 Å². The lowest BCUT2D eigenvalue weighted by atomic mass is 9.68. The number of ether oxygens (including phenoxy) is 1. The summed E-state index contributed by atoms with van der Waals surface area (Å²) in [5.74, 6) is -1.14. The lowest BCUT2D eigenvalue weighted by Crippen LogP contribution is -2.45. The number of para-hydroxylation sites is 1. The van der Waals surface area contributed by atoms with Gasteiger partial charge in [0.1, 0.15) is 35.5 Å². The molecule has 1 saturated carbocycles. The molecule has 1 fully saturated rings. The van der Waals surface area contributed by atoms with Crippen LogP contribution in [0.3, 0.4) is 0 Å². The number of nitrogens with one attached hydrogen (secondary N) is 1. The number of carbonyl (C=O) groups is 2. The molecule has 5 aromatic rings. The van der Waals surface area contributed by atoms with Crippen LogP contribution in [0.2, 0.25) is 0 Å². The summed E-state index contributed by atoms with van der Waals surface area (Å²) in [5, 5.41) is 11.0. The Hall–Kier alpha value is -5.32. The van der Waals surface area contributed by atoms with Crippen LogP contribution >= 0.6 is 0 Å². The Bertz CT molecular complexity index is 1880. The third-order valence-corrected chi connectivity index (χ3v) is 7.81. The van der Waals surface area contributed by atoms with Crippen LogP contribution in [0.15, 0.2) is 101 Å². The molecule has 3 aromatic carbocycles. The zero-order chi connectivity index (χ0) is 30.8. The monoisotopic (exact) mass is 592 g/mol. The first-order valence-corrected chi connectivity index (χ1v) is 14.4. The maximum absolute atomic E-state index is 13.7. The van der Waals surface area contributed by atoms with Gasteiger partial charge in [-0.2, -0.15) is 0 Å². The summed E-state index contributed by atoms with van der Waals surface area (Å²) < 4.78 is 9.78. The summed E-state index contributed by atoms with van der Waals surface area (Å²) in [6.07, 6.45) is 2.19. The molecule has 11 heteroatoms. The normalized spacial score (nSPS) is 15.8. The SMILES string of the molecule is CC1(C)CC(=O)C(C(c2ccc(OCc3cn(Cc4ccccc4)nn3)cc2)n2[nH]c(=O)n(-c3ccccc3)c2=O)C(=O)C1. The third-order valence-electron chi connectivity index (χ3n) is 7.81. The minimum atomic E-state index is -1.13. The van der Waals surface area contributed by atoms with Gasteiger partial charge in [0.05, 0.1) is 24.5 Å². The molecule has 1 aliphatic carbocycles. The maximum Gasteiger partial charge on any atom is 0.352 e. The Balaban J connectivity index is 1.27. The quantitative estimate of drug-likeness (QED) is 0.258. The molecule has 0 radical (unpaired) electrons. The first kappa shape index (κ1) is 28.8. The zero-order valence-corrected chi connectivity index (χ0v) is 24.4. The van der Waals surface area contributed by atoms with Crippen LogP contribution in [0, 0.1) is 11.3 Å². The molecule has 6 rings (SSSR count). The van der Waals surface area contributed by atoms with Crippen molar-refractivity contribution in [2.75, 3.05) is 0 Å². The number of aromatic amines is 1. The van der Waals surface area contributed by atoms with E-state index >= 15 is 0 Å². The van der Waals surface area contributed by atoms with Crippen molar-refractivity contribution in [3.8, 4) is 11.4 Å². The van der Waals surface area contributed by atoms with Crippen LogP contribution in [0.25, 0.3) is 5.69 Å². The van der Waals surface area contributed by atoms with E-state index in [0.717, 1.165) is 14.8 Å². The van der Waals surface area contributed by atoms with Gasteiger partial charge in [-0.1, -0.05) is 79.7 Å². The number of rotatable bonds is 9. The molecule has 1 unspecified atom stereocenters. The van der Waals surface area contributed by atoms with Crippen LogP contribution in [-0.2, 0) is 22.7 Å². The second-order valence-electron chi connectivity index (χ2n) is 11.9. The van der Waals surface area contributed by atoms with Crippen molar-refractivity contribution in [3.05, 3.63) is 129 Å². The molecule has 0 bridgehead atoms. The van der Waals surface area contributed by atoms with Crippen LogP contribution in [0.4, 0.5) is 0 Å². The first-order valence-electron chi connectivity index (χ1n) is 14.4. The largest absolute Gasteiger partial charge is 0.487 e. The van der Waals surface area contributed by atoms with Gasteiger partial charge in [0, 0.05) is 12.8 Å². The predicted molar refractivity (Wildman–Crippen MR) is 162 cm³/mol. The minimum absolute atomic E-state index is 0.180. The van der Waals surface area contributed by atoms with Gasteiger partial charge in [-0.25, -0.2) is 28.6 Å². The van der Waals surface area contributed by atoms with E-state index in [0.29, 0.717) is 29.2 Å². The van der Waals surface area contributed by atoms with E-state index in [1.54, 1.807) is 59.3 Å². The highest BCUT2D eigenvalue weighted by atomic mass is 16.5. The number of hydrogen-bond donors (Lipinski definition) is 1. The highest BCUT2D eigenvalue weighted by Crippen LogP contribution is 2.40. The highest BCUT2D eigenvalue weighted by Gasteiger charge is 2.45. The third kappa shape index (κ3) is 5.94. The van der Waals surface area contributed by atoms with Crippen molar-refractivity contribution >= 4 is 11.6 Å². The van der Waals surface area contributed by atoms with E-state index in [4.69, 9.17) is 4.74 Å². The Labute approximate surface area is 252 Å². The van der Waals surface area contributed by atoms with E-state index in [1.165, 1.54) is 0 Å².